The smallest absolute Gasteiger partial charge is 0.186 e. The molecule has 0 aliphatic carbocycles. The van der Waals surface area contributed by atoms with Gasteiger partial charge in [0.1, 0.15) is 5.82 Å². The number of carbonyl (C=O) groups excluding carboxylic acids is 1. The zero-order valence-corrected chi connectivity index (χ0v) is 13.5. The minimum Gasteiger partial charge on any atom is -0.289 e. The minimum atomic E-state index is -0.358. The largest absolute Gasteiger partial charge is 0.289 e. The maximum atomic E-state index is 12.8. The van der Waals surface area contributed by atoms with Gasteiger partial charge in [0.25, 0.3) is 0 Å². The Morgan fingerprint density at radius 3 is 2.77 bits per heavy atom. The standard InChI is InChI=1S/C16H9ClFNOS2/c17-11-3-6-15-13(9-11)19-16(22-15)21-8-7-14(20)10-1-4-12(18)5-2-10/h1-9H/b8-7+. The van der Waals surface area contributed by atoms with E-state index in [0.717, 1.165) is 14.6 Å². The van der Waals surface area contributed by atoms with Crippen LogP contribution in [0.1, 0.15) is 10.4 Å². The van der Waals surface area contributed by atoms with Crippen molar-refractivity contribution in [2.75, 3.05) is 0 Å². The highest BCUT2D eigenvalue weighted by molar-refractivity contribution is 8.03. The van der Waals surface area contributed by atoms with Gasteiger partial charge in [-0.3, -0.25) is 4.79 Å². The molecule has 3 aromatic rings. The highest BCUT2D eigenvalue weighted by Crippen LogP contribution is 2.31. The van der Waals surface area contributed by atoms with Gasteiger partial charge in [-0.25, -0.2) is 9.37 Å². The predicted octanol–water partition coefficient (Wildman–Crippen LogP) is 5.58. The molecule has 2 aromatic carbocycles. The molecule has 0 saturated carbocycles. The number of thioether (sulfide) groups is 1. The van der Waals surface area contributed by atoms with Gasteiger partial charge in [0.15, 0.2) is 10.1 Å². The van der Waals surface area contributed by atoms with Crippen LogP contribution in [0, 0.1) is 5.82 Å². The molecule has 2 nitrogen and oxygen atoms in total. The highest BCUT2D eigenvalue weighted by Gasteiger charge is 2.05. The monoisotopic (exact) mass is 349 g/mol. The van der Waals surface area contributed by atoms with Crippen molar-refractivity contribution in [1.29, 1.82) is 0 Å². The van der Waals surface area contributed by atoms with Gasteiger partial charge in [-0.1, -0.05) is 23.4 Å². The Kier molecular flexibility index (Phi) is 4.57. The van der Waals surface area contributed by atoms with Gasteiger partial charge in [0.05, 0.1) is 10.2 Å². The first-order valence-electron chi connectivity index (χ1n) is 6.31. The SMILES string of the molecule is O=C(/C=C/Sc1nc2cc(Cl)ccc2s1)c1ccc(F)cc1. The molecule has 110 valence electrons. The summed E-state index contributed by atoms with van der Waals surface area (Å²) in [5.74, 6) is -0.528. The van der Waals surface area contributed by atoms with Crippen molar-refractivity contribution < 1.29 is 9.18 Å². The molecule has 0 unspecified atom stereocenters. The van der Waals surface area contributed by atoms with Gasteiger partial charge in [-0.2, -0.15) is 0 Å². The third-order valence-electron chi connectivity index (χ3n) is 2.85. The fraction of sp³-hybridized carbons (Fsp3) is 0. The van der Waals surface area contributed by atoms with E-state index in [9.17, 15) is 9.18 Å². The van der Waals surface area contributed by atoms with E-state index in [-0.39, 0.29) is 11.6 Å². The molecular weight excluding hydrogens is 341 g/mol. The van der Waals surface area contributed by atoms with Gasteiger partial charge in [-0.15, -0.1) is 11.3 Å². The Morgan fingerprint density at radius 1 is 1.23 bits per heavy atom. The normalized spacial score (nSPS) is 11.4. The number of allylic oxidation sites excluding steroid dienone is 1. The second-order valence-corrected chi connectivity index (χ2v) is 7.00. The number of hydrogen-bond acceptors (Lipinski definition) is 4. The summed E-state index contributed by atoms with van der Waals surface area (Å²) in [6, 6.07) is 11.0. The van der Waals surface area contributed by atoms with Crippen molar-refractivity contribution in [1.82, 2.24) is 4.98 Å². The summed E-state index contributed by atoms with van der Waals surface area (Å²) < 4.78 is 14.7. The summed E-state index contributed by atoms with van der Waals surface area (Å²) >= 11 is 8.83. The number of ketones is 1. The molecule has 0 aliphatic heterocycles. The van der Waals surface area contributed by atoms with Crippen molar-refractivity contribution in [3.8, 4) is 0 Å². The lowest BCUT2D eigenvalue weighted by Gasteiger charge is -1.94. The van der Waals surface area contributed by atoms with Crippen molar-refractivity contribution in [3.63, 3.8) is 0 Å². The van der Waals surface area contributed by atoms with E-state index < -0.39 is 0 Å². The van der Waals surface area contributed by atoms with Crippen LogP contribution >= 0.6 is 34.7 Å². The van der Waals surface area contributed by atoms with E-state index in [1.165, 1.54) is 53.4 Å². The van der Waals surface area contributed by atoms with Crippen LogP contribution in [0.5, 0.6) is 0 Å². The average molecular weight is 350 g/mol. The van der Waals surface area contributed by atoms with Crippen LogP contribution in [-0.4, -0.2) is 10.8 Å². The number of halogens is 2. The maximum absolute atomic E-state index is 12.8. The molecule has 1 aromatic heterocycles. The van der Waals surface area contributed by atoms with E-state index >= 15 is 0 Å². The van der Waals surface area contributed by atoms with Crippen LogP contribution in [0.4, 0.5) is 4.39 Å². The molecule has 0 N–H and O–H groups in total. The number of nitrogens with zero attached hydrogens (tertiary/aromatic N) is 1. The van der Waals surface area contributed by atoms with Crippen molar-refractivity contribution in [3.05, 3.63) is 70.4 Å². The molecule has 0 fully saturated rings. The van der Waals surface area contributed by atoms with Gasteiger partial charge in [0, 0.05) is 10.6 Å². The Bertz CT molecular complexity index is 858. The van der Waals surface area contributed by atoms with Crippen LogP contribution in [0.2, 0.25) is 5.02 Å². The molecule has 3 rings (SSSR count). The van der Waals surface area contributed by atoms with E-state index in [4.69, 9.17) is 11.6 Å². The summed E-state index contributed by atoms with van der Waals surface area (Å²) in [6.45, 7) is 0. The fourth-order valence-corrected chi connectivity index (χ4v) is 3.73. The molecule has 0 saturated heterocycles. The maximum Gasteiger partial charge on any atom is 0.186 e. The summed E-state index contributed by atoms with van der Waals surface area (Å²) in [5.41, 5.74) is 1.30. The fourth-order valence-electron chi connectivity index (χ4n) is 1.79. The number of fused-ring (bicyclic) bond motifs is 1. The van der Waals surface area contributed by atoms with Crippen LogP contribution < -0.4 is 0 Å². The first-order chi connectivity index (χ1) is 10.6. The van der Waals surface area contributed by atoms with Crippen LogP contribution in [0.15, 0.2) is 58.3 Å². The molecule has 0 radical (unpaired) electrons. The second kappa shape index (κ2) is 6.60. The lowest BCUT2D eigenvalue weighted by molar-refractivity contribution is 0.104. The molecule has 0 spiro atoms. The van der Waals surface area contributed by atoms with E-state index in [1.54, 1.807) is 5.41 Å². The molecule has 6 heteroatoms. The first kappa shape index (κ1) is 15.2. The quantitative estimate of drug-likeness (QED) is 0.350. The summed E-state index contributed by atoms with van der Waals surface area (Å²) in [6.07, 6.45) is 1.46. The average Bonchev–Trinajstić information content (AvgIpc) is 2.89. The highest BCUT2D eigenvalue weighted by atomic mass is 35.5. The molecule has 0 bridgehead atoms. The lowest BCUT2D eigenvalue weighted by Crippen LogP contribution is -1.93. The van der Waals surface area contributed by atoms with Gasteiger partial charge >= 0.3 is 0 Å². The van der Waals surface area contributed by atoms with Crippen LogP contribution in [-0.2, 0) is 0 Å². The molecule has 1 heterocycles. The number of thiazole rings is 1. The number of hydrogen-bond donors (Lipinski definition) is 0. The Labute approximate surface area is 139 Å². The first-order valence-corrected chi connectivity index (χ1v) is 8.38. The summed E-state index contributed by atoms with van der Waals surface area (Å²) in [7, 11) is 0. The Morgan fingerprint density at radius 2 is 2.00 bits per heavy atom. The topological polar surface area (TPSA) is 30.0 Å². The zero-order valence-electron chi connectivity index (χ0n) is 11.1. The Balaban J connectivity index is 1.70. The van der Waals surface area contributed by atoms with Gasteiger partial charge < -0.3 is 0 Å². The van der Waals surface area contributed by atoms with Gasteiger partial charge in [0.2, 0.25) is 0 Å². The number of benzene rings is 2. The van der Waals surface area contributed by atoms with Crippen LogP contribution in [0.3, 0.4) is 0 Å². The molecule has 0 amide bonds. The number of aromatic nitrogens is 1. The van der Waals surface area contributed by atoms with Crippen molar-refractivity contribution in [2.45, 2.75) is 4.34 Å². The molecule has 0 aliphatic rings. The van der Waals surface area contributed by atoms with Crippen molar-refractivity contribution in [2.24, 2.45) is 0 Å². The van der Waals surface area contributed by atoms with Gasteiger partial charge in [-0.05, 0) is 53.9 Å². The van der Waals surface area contributed by atoms with Crippen molar-refractivity contribution >= 4 is 50.7 Å². The third kappa shape index (κ3) is 3.55. The minimum absolute atomic E-state index is 0.170. The lowest BCUT2D eigenvalue weighted by atomic mass is 10.1. The van der Waals surface area contributed by atoms with Crippen LogP contribution in [0.25, 0.3) is 10.2 Å². The zero-order chi connectivity index (χ0) is 15.5. The number of rotatable bonds is 4. The van der Waals surface area contributed by atoms with E-state index in [0.29, 0.717) is 10.6 Å². The van der Waals surface area contributed by atoms with E-state index in [2.05, 4.69) is 4.98 Å². The predicted molar refractivity (Wildman–Crippen MR) is 90.4 cm³/mol. The molecular formula is C16H9ClFNOS2. The Hall–Kier alpha value is -1.69. The molecule has 22 heavy (non-hydrogen) atoms. The molecule has 0 atom stereocenters. The number of carbonyl (C=O) groups is 1. The summed E-state index contributed by atoms with van der Waals surface area (Å²) in [4.78, 5) is 16.3. The van der Waals surface area contributed by atoms with E-state index in [1.807, 2.05) is 18.2 Å². The third-order valence-corrected chi connectivity index (χ3v) is 5.02. The summed E-state index contributed by atoms with van der Waals surface area (Å²) in [5, 5.41) is 2.33. The second-order valence-electron chi connectivity index (χ2n) is 4.38.